The third-order valence-corrected chi connectivity index (χ3v) is 6.54. The Morgan fingerprint density at radius 3 is 2.47 bits per heavy atom. The van der Waals surface area contributed by atoms with E-state index in [1.807, 2.05) is 0 Å². The summed E-state index contributed by atoms with van der Waals surface area (Å²) in [7, 11) is 0. The summed E-state index contributed by atoms with van der Waals surface area (Å²) in [4.78, 5) is 35.4. The molecule has 0 bridgehead atoms. The van der Waals surface area contributed by atoms with Gasteiger partial charge in [-0.05, 0) is 50.1 Å². The fourth-order valence-electron chi connectivity index (χ4n) is 3.71. The Labute approximate surface area is 205 Å². The number of nitro benzene ring substituents is 1. The molecule has 1 atom stereocenters. The van der Waals surface area contributed by atoms with Gasteiger partial charge in [0.25, 0.3) is 5.69 Å². The summed E-state index contributed by atoms with van der Waals surface area (Å²) in [6, 6.07) is 13.4. The molecule has 10 heteroatoms. The minimum absolute atomic E-state index is 0.0139. The lowest BCUT2D eigenvalue weighted by molar-refractivity contribution is -0.384. The predicted octanol–water partition coefficient (Wildman–Crippen LogP) is 5.21. The van der Waals surface area contributed by atoms with Crippen LogP contribution in [0, 0.1) is 28.4 Å². The molecule has 0 aromatic heterocycles. The first-order chi connectivity index (χ1) is 16.1. The van der Waals surface area contributed by atoms with Crippen molar-refractivity contribution in [1.82, 2.24) is 5.32 Å². The number of nitro groups is 1. The first-order valence-electron chi connectivity index (χ1n) is 10.2. The maximum Gasteiger partial charge on any atom is 0.269 e. The van der Waals surface area contributed by atoms with E-state index in [1.54, 1.807) is 38.1 Å². The number of dihydropyridines is 1. The molecule has 2 N–H and O–H groups in total. The number of hydrogen-bond acceptors (Lipinski definition) is 7. The zero-order valence-corrected chi connectivity index (χ0v) is 20.2. The van der Waals surface area contributed by atoms with Crippen molar-refractivity contribution < 1.29 is 14.5 Å². The number of benzene rings is 2. The van der Waals surface area contributed by atoms with E-state index in [0.717, 1.165) is 17.3 Å². The van der Waals surface area contributed by atoms with Crippen molar-refractivity contribution in [2.75, 3.05) is 11.1 Å². The van der Waals surface area contributed by atoms with Crippen LogP contribution in [0.15, 0.2) is 64.3 Å². The van der Waals surface area contributed by atoms with E-state index in [1.165, 1.54) is 25.1 Å². The van der Waals surface area contributed by atoms with Gasteiger partial charge in [0, 0.05) is 34.1 Å². The third kappa shape index (κ3) is 5.47. The fourth-order valence-corrected chi connectivity index (χ4v) is 4.73. The molecule has 0 fully saturated rings. The number of halogens is 1. The van der Waals surface area contributed by atoms with Crippen molar-refractivity contribution in [3.05, 3.63) is 90.6 Å². The second-order valence-corrected chi connectivity index (χ2v) is 9.07. The van der Waals surface area contributed by atoms with Gasteiger partial charge in [-0.25, -0.2) is 0 Å². The maximum atomic E-state index is 12.6. The molecule has 34 heavy (non-hydrogen) atoms. The van der Waals surface area contributed by atoms with E-state index >= 15 is 0 Å². The minimum Gasteiger partial charge on any atom is -0.353 e. The molecule has 0 spiro atoms. The number of Topliss-reactive ketones (excluding diaryl/α,β-unsaturated/α-hetero) is 1. The summed E-state index contributed by atoms with van der Waals surface area (Å²) in [6.45, 7) is 4.88. The number of nitriles is 1. The summed E-state index contributed by atoms with van der Waals surface area (Å²) in [6.07, 6.45) is 0. The Balaban J connectivity index is 1.84. The lowest BCUT2D eigenvalue weighted by Gasteiger charge is -2.29. The van der Waals surface area contributed by atoms with Gasteiger partial charge in [-0.1, -0.05) is 35.5 Å². The molecule has 0 radical (unpaired) electrons. The van der Waals surface area contributed by atoms with E-state index in [-0.39, 0.29) is 23.1 Å². The Kier molecular flexibility index (Phi) is 7.76. The van der Waals surface area contributed by atoms with Crippen molar-refractivity contribution in [2.24, 2.45) is 0 Å². The van der Waals surface area contributed by atoms with Crippen molar-refractivity contribution in [2.45, 2.75) is 26.7 Å². The van der Waals surface area contributed by atoms with Crippen molar-refractivity contribution in [3.63, 3.8) is 0 Å². The standard InChI is InChI=1S/C24H21ClN4O4S/c1-13-10-18(29(32)33)8-9-20(13)28-21(31)12-34-24-19(11-26)23(16-4-6-17(25)7-5-16)22(15(3)30)14(2)27-24/h4-10,23,27H,12H2,1-3H3,(H,28,31)/t23-/m0/s1. The van der Waals surface area contributed by atoms with Crippen molar-refractivity contribution >= 4 is 46.4 Å². The van der Waals surface area contributed by atoms with Gasteiger partial charge in [0.15, 0.2) is 5.78 Å². The number of non-ortho nitro benzene ring substituents is 1. The van der Waals surface area contributed by atoms with Crippen LogP contribution in [-0.2, 0) is 9.59 Å². The molecule has 0 saturated carbocycles. The molecule has 174 valence electrons. The number of carbonyl (C=O) groups is 2. The number of rotatable bonds is 7. The van der Waals surface area contributed by atoms with Crippen LogP contribution in [0.5, 0.6) is 0 Å². The van der Waals surface area contributed by atoms with E-state index in [4.69, 9.17) is 11.6 Å². The zero-order chi connectivity index (χ0) is 25.0. The van der Waals surface area contributed by atoms with Crippen molar-refractivity contribution in [1.29, 1.82) is 5.26 Å². The Bertz CT molecular complexity index is 1280. The van der Waals surface area contributed by atoms with Gasteiger partial charge in [-0.3, -0.25) is 19.7 Å². The number of carbonyl (C=O) groups excluding carboxylic acids is 2. The number of allylic oxidation sites excluding steroid dienone is 3. The third-order valence-electron chi connectivity index (χ3n) is 5.27. The molecular formula is C24H21ClN4O4S. The van der Waals surface area contributed by atoms with Crippen LogP contribution < -0.4 is 10.6 Å². The van der Waals surface area contributed by atoms with Crippen LogP contribution in [0.2, 0.25) is 5.02 Å². The molecule has 0 saturated heterocycles. The number of thioether (sulfide) groups is 1. The lowest BCUT2D eigenvalue weighted by atomic mass is 9.81. The maximum absolute atomic E-state index is 12.6. The van der Waals surface area contributed by atoms with E-state index in [2.05, 4.69) is 16.7 Å². The van der Waals surface area contributed by atoms with Gasteiger partial charge >= 0.3 is 0 Å². The van der Waals surface area contributed by atoms with E-state index in [0.29, 0.717) is 38.1 Å². The molecule has 1 aliphatic heterocycles. The number of ketones is 1. The minimum atomic E-state index is -0.580. The quantitative estimate of drug-likeness (QED) is 0.398. The number of aryl methyl sites for hydroxylation is 1. The van der Waals surface area contributed by atoms with Crippen LogP contribution in [0.3, 0.4) is 0 Å². The molecule has 3 rings (SSSR count). The summed E-state index contributed by atoms with van der Waals surface area (Å²) in [5.41, 5.74) is 3.15. The van der Waals surface area contributed by atoms with Crippen LogP contribution in [0.25, 0.3) is 0 Å². The van der Waals surface area contributed by atoms with Gasteiger partial charge in [-0.15, -0.1) is 0 Å². The second-order valence-electron chi connectivity index (χ2n) is 7.65. The Morgan fingerprint density at radius 1 is 1.24 bits per heavy atom. The summed E-state index contributed by atoms with van der Waals surface area (Å²) < 4.78 is 0. The number of nitrogens with zero attached hydrogens (tertiary/aromatic N) is 2. The van der Waals surface area contributed by atoms with Crippen molar-refractivity contribution in [3.8, 4) is 6.07 Å². The molecule has 2 aromatic rings. The number of amides is 1. The molecule has 1 aliphatic rings. The number of anilines is 1. The Morgan fingerprint density at radius 2 is 1.91 bits per heavy atom. The lowest BCUT2D eigenvalue weighted by Crippen LogP contribution is -2.27. The molecule has 8 nitrogen and oxygen atoms in total. The first kappa shape index (κ1) is 25.0. The van der Waals surface area contributed by atoms with E-state index in [9.17, 15) is 25.0 Å². The highest BCUT2D eigenvalue weighted by Gasteiger charge is 2.33. The number of nitrogens with one attached hydrogen (secondary N) is 2. The molecule has 1 amide bonds. The normalized spacial score (nSPS) is 15.4. The van der Waals surface area contributed by atoms with Crippen LogP contribution in [-0.4, -0.2) is 22.4 Å². The molecule has 2 aromatic carbocycles. The van der Waals surface area contributed by atoms with Gasteiger partial charge in [0.05, 0.1) is 33.3 Å². The largest absolute Gasteiger partial charge is 0.353 e. The molecule has 0 aliphatic carbocycles. The second kappa shape index (κ2) is 10.5. The van der Waals surface area contributed by atoms with Gasteiger partial charge in [-0.2, -0.15) is 5.26 Å². The summed E-state index contributed by atoms with van der Waals surface area (Å²) in [5.74, 6) is -1.09. The summed E-state index contributed by atoms with van der Waals surface area (Å²) in [5, 5.41) is 27.7. The zero-order valence-electron chi connectivity index (χ0n) is 18.6. The SMILES string of the molecule is CC(=O)C1=C(C)NC(SCC(=O)Nc2ccc([N+](=O)[O-])cc2C)=C(C#N)[C@@H]1c1ccc(Cl)cc1. The van der Waals surface area contributed by atoms with Gasteiger partial charge in [0.2, 0.25) is 5.91 Å². The highest BCUT2D eigenvalue weighted by Crippen LogP contribution is 2.41. The van der Waals surface area contributed by atoms with Gasteiger partial charge in [0.1, 0.15) is 0 Å². The fraction of sp³-hybridized carbons (Fsp3) is 0.208. The van der Waals surface area contributed by atoms with E-state index < -0.39 is 10.8 Å². The van der Waals surface area contributed by atoms with Crippen LogP contribution in [0.4, 0.5) is 11.4 Å². The highest BCUT2D eigenvalue weighted by molar-refractivity contribution is 8.03. The van der Waals surface area contributed by atoms with Crippen LogP contribution >= 0.6 is 23.4 Å². The highest BCUT2D eigenvalue weighted by atomic mass is 35.5. The molecular weight excluding hydrogens is 476 g/mol. The topological polar surface area (TPSA) is 125 Å². The van der Waals surface area contributed by atoms with Crippen LogP contribution in [0.1, 0.15) is 30.9 Å². The smallest absolute Gasteiger partial charge is 0.269 e. The monoisotopic (exact) mass is 496 g/mol. The molecule has 0 unspecified atom stereocenters. The average Bonchev–Trinajstić information content (AvgIpc) is 2.78. The molecule has 1 heterocycles. The van der Waals surface area contributed by atoms with Gasteiger partial charge < -0.3 is 10.6 Å². The first-order valence-corrected chi connectivity index (χ1v) is 11.5. The summed E-state index contributed by atoms with van der Waals surface area (Å²) >= 11 is 7.16. The number of hydrogen-bond donors (Lipinski definition) is 2. The Hall–Kier alpha value is -3.61. The predicted molar refractivity (Wildman–Crippen MR) is 132 cm³/mol. The average molecular weight is 497 g/mol.